The van der Waals surface area contributed by atoms with Crippen LogP contribution in [0, 0.1) is 10.1 Å². The fourth-order valence-corrected chi connectivity index (χ4v) is 2.24. The fraction of sp³-hybridized carbons (Fsp3) is 0.500. The number of rotatable bonds is 3. The van der Waals surface area contributed by atoms with Crippen molar-refractivity contribution in [1.82, 2.24) is 10.6 Å². The Morgan fingerprint density at radius 3 is 2.33 bits per heavy atom. The molecule has 134 valence electrons. The van der Waals surface area contributed by atoms with Crippen molar-refractivity contribution in [3.8, 4) is 0 Å². The van der Waals surface area contributed by atoms with E-state index in [2.05, 4.69) is 20.3 Å². The second-order valence-electron chi connectivity index (χ2n) is 5.10. The SMILES string of the molecule is O=C1NC[C@@H](CO)O1.O=[N+]([O-])c1ccc(N2CCNCC2)cc1.S. The predicted molar refractivity (Wildman–Crippen MR) is 93.9 cm³/mol. The first-order chi connectivity index (χ1) is 11.1. The summed E-state index contributed by atoms with van der Waals surface area (Å²) >= 11 is 0. The Kier molecular flexibility index (Phi) is 8.30. The number of aliphatic hydroxyl groups excluding tert-OH is 1. The number of hydrogen-bond donors (Lipinski definition) is 3. The minimum absolute atomic E-state index is 0. The van der Waals surface area contributed by atoms with Gasteiger partial charge in [0.25, 0.3) is 5.69 Å². The van der Waals surface area contributed by atoms with Gasteiger partial charge >= 0.3 is 6.09 Å². The zero-order valence-electron chi connectivity index (χ0n) is 13.1. The van der Waals surface area contributed by atoms with Gasteiger partial charge in [-0.1, -0.05) is 0 Å². The minimum atomic E-state index is -0.441. The summed E-state index contributed by atoms with van der Waals surface area (Å²) in [6, 6.07) is 6.72. The van der Waals surface area contributed by atoms with Gasteiger partial charge < -0.3 is 25.4 Å². The second-order valence-corrected chi connectivity index (χ2v) is 5.10. The van der Waals surface area contributed by atoms with Crippen LogP contribution in [0.2, 0.25) is 0 Å². The van der Waals surface area contributed by atoms with E-state index in [0.717, 1.165) is 31.9 Å². The maximum absolute atomic E-state index is 10.5. The van der Waals surface area contributed by atoms with Crippen LogP contribution in [-0.2, 0) is 4.74 Å². The van der Waals surface area contributed by atoms with E-state index < -0.39 is 6.09 Å². The molecule has 1 atom stereocenters. The first-order valence-electron chi connectivity index (χ1n) is 7.35. The Labute approximate surface area is 146 Å². The number of amides is 1. The van der Waals surface area contributed by atoms with Gasteiger partial charge in [-0.15, -0.1) is 0 Å². The van der Waals surface area contributed by atoms with Crippen molar-refractivity contribution in [2.45, 2.75) is 6.10 Å². The number of nitro groups is 1. The smallest absolute Gasteiger partial charge is 0.407 e. The molecule has 1 aromatic carbocycles. The van der Waals surface area contributed by atoms with E-state index in [0.29, 0.717) is 6.54 Å². The summed E-state index contributed by atoms with van der Waals surface area (Å²) in [4.78, 5) is 22.5. The molecule has 1 aromatic rings. The third kappa shape index (κ3) is 5.87. The van der Waals surface area contributed by atoms with Crippen LogP contribution in [-0.4, -0.2) is 61.6 Å². The highest BCUT2D eigenvalue weighted by atomic mass is 32.1. The summed E-state index contributed by atoms with van der Waals surface area (Å²) in [6.07, 6.45) is -0.772. The third-order valence-electron chi connectivity index (χ3n) is 3.49. The summed E-state index contributed by atoms with van der Waals surface area (Å²) in [7, 11) is 0. The van der Waals surface area contributed by atoms with Gasteiger partial charge in [-0.05, 0) is 12.1 Å². The molecule has 3 N–H and O–H groups in total. The first kappa shape index (κ1) is 20.0. The number of alkyl carbamates (subject to hydrolysis) is 1. The highest BCUT2D eigenvalue weighted by Crippen LogP contribution is 2.19. The molecule has 1 amide bonds. The van der Waals surface area contributed by atoms with Crippen LogP contribution in [0.15, 0.2) is 24.3 Å². The molecule has 24 heavy (non-hydrogen) atoms. The molecule has 0 radical (unpaired) electrons. The molecule has 2 aliphatic rings. The number of non-ortho nitro benzene ring substituents is 1. The second kappa shape index (κ2) is 9.96. The van der Waals surface area contributed by atoms with Gasteiger partial charge in [0.05, 0.1) is 18.1 Å². The molecular formula is C14H22N4O5S. The van der Waals surface area contributed by atoms with Crippen LogP contribution in [0.4, 0.5) is 16.2 Å². The Morgan fingerprint density at radius 1 is 1.29 bits per heavy atom. The highest BCUT2D eigenvalue weighted by Gasteiger charge is 2.20. The summed E-state index contributed by atoms with van der Waals surface area (Å²) in [5, 5.41) is 24.5. The maximum atomic E-state index is 10.5. The molecular weight excluding hydrogens is 336 g/mol. The molecule has 0 aliphatic carbocycles. The van der Waals surface area contributed by atoms with Crippen LogP contribution >= 0.6 is 13.5 Å². The van der Waals surface area contributed by atoms with Crippen molar-refractivity contribution < 1.29 is 19.6 Å². The highest BCUT2D eigenvalue weighted by molar-refractivity contribution is 7.59. The molecule has 0 spiro atoms. The molecule has 2 heterocycles. The first-order valence-corrected chi connectivity index (χ1v) is 7.35. The number of ether oxygens (including phenoxy) is 1. The van der Waals surface area contributed by atoms with Crippen LogP contribution in [0.1, 0.15) is 0 Å². The number of nitrogens with zero attached hydrogens (tertiary/aromatic N) is 2. The van der Waals surface area contributed by atoms with Gasteiger partial charge in [0.1, 0.15) is 6.10 Å². The van der Waals surface area contributed by atoms with E-state index in [9.17, 15) is 14.9 Å². The lowest BCUT2D eigenvalue weighted by atomic mass is 10.2. The number of aliphatic hydroxyl groups is 1. The number of anilines is 1. The normalized spacial score (nSPS) is 19.3. The number of carbonyl (C=O) groups is 1. The van der Waals surface area contributed by atoms with Gasteiger partial charge in [0, 0.05) is 44.0 Å². The van der Waals surface area contributed by atoms with Crippen molar-refractivity contribution in [2.24, 2.45) is 0 Å². The maximum Gasteiger partial charge on any atom is 0.407 e. The van der Waals surface area contributed by atoms with E-state index in [-0.39, 0.29) is 36.8 Å². The van der Waals surface area contributed by atoms with Crippen molar-refractivity contribution in [3.05, 3.63) is 34.4 Å². The Morgan fingerprint density at radius 2 is 1.92 bits per heavy atom. The Balaban J connectivity index is 0.000000273. The van der Waals surface area contributed by atoms with Gasteiger partial charge in [-0.2, -0.15) is 13.5 Å². The lowest BCUT2D eigenvalue weighted by Crippen LogP contribution is -2.43. The zero-order valence-corrected chi connectivity index (χ0v) is 14.1. The summed E-state index contributed by atoms with van der Waals surface area (Å²) in [5.41, 5.74) is 1.20. The van der Waals surface area contributed by atoms with E-state index in [1.807, 2.05) is 12.1 Å². The van der Waals surface area contributed by atoms with E-state index in [1.165, 1.54) is 0 Å². The lowest BCUT2D eigenvalue weighted by molar-refractivity contribution is -0.384. The number of nitrogens with one attached hydrogen (secondary N) is 2. The number of benzene rings is 1. The number of cyclic esters (lactones) is 1. The lowest BCUT2D eigenvalue weighted by Gasteiger charge is -2.29. The van der Waals surface area contributed by atoms with Gasteiger partial charge in [-0.25, -0.2) is 4.79 Å². The van der Waals surface area contributed by atoms with Crippen molar-refractivity contribution in [1.29, 1.82) is 0 Å². The molecule has 0 saturated carbocycles. The van der Waals surface area contributed by atoms with E-state index in [1.54, 1.807) is 12.1 Å². The molecule has 3 rings (SSSR count). The quantitative estimate of drug-likeness (QED) is 0.522. The van der Waals surface area contributed by atoms with Crippen LogP contribution in [0.5, 0.6) is 0 Å². The minimum Gasteiger partial charge on any atom is -0.442 e. The molecule has 10 heteroatoms. The average molecular weight is 358 g/mol. The number of carbonyl (C=O) groups excluding carboxylic acids is 1. The Bertz CT molecular complexity index is 536. The fourth-order valence-electron chi connectivity index (χ4n) is 2.24. The van der Waals surface area contributed by atoms with Gasteiger partial charge in [0.2, 0.25) is 0 Å². The number of hydrogen-bond acceptors (Lipinski definition) is 7. The molecule has 0 aromatic heterocycles. The monoisotopic (exact) mass is 358 g/mol. The van der Waals surface area contributed by atoms with E-state index >= 15 is 0 Å². The number of piperazine rings is 1. The van der Waals surface area contributed by atoms with Gasteiger partial charge in [-0.3, -0.25) is 10.1 Å². The van der Waals surface area contributed by atoms with Crippen LogP contribution in [0.3, 0.4) is 0 Å². The predicted octanol–water partition coefficient (Wildman–Crippen LogP) is 0.204. The molecule has 2 aliphatic heterocycles. The molecule has 2 saturated heterocycles. The van der Waals surface area contributed by atoms with Gasteiger partial charge in [0.15, 0.2) is 0 Å². The number of nitro benzene ring substituents is 1. The van der Waals surface area contributed by atoms with Crippen LogP contribution < -0.4 is 15.5 Å². The largest absolute Gasteiger partial charge is 0.442 e. The summed E-state index contributed by atoms with van der Waals surface area (Å²) in [5.74, 6) is 0. The standard InChI is InChI=1S/C10H13N3O2.C4H7NO3.H2S/c14-13(15)10-3-1-9(2-4-10)12-7-5-11-6-8-12;6-2-3-1-5-4(7)8-3;/h1-4,11H,5-8H2;3,6H,1-2H2,(H,5,7);1H2/t;3-;/m.0./s1. The topological polar surface area (TPSA) is 117 Å². The van der Waals surface area contributed by atoms with Crippen molar-refractivity contribution in [2.75, 3.05) is 44.2 Å². The summed E-state index contributed by atoms with van der Waals surface area (Å²) in [6.45, 7) is 4.18. The molecule has 2 fully saturated rings. The Hall–Kier alpha value is -2.04. The van der Waals surface area contributed by atoms with E-state index in [4.69, 9.17) is 5.11 Å². The summed E-state index contributed by atoms with van der Waals surface area (Å²) < 4.78 is 4.51. The van der Waals surface area contributed by atoms with Crippen molar-refractivity contribution in [3.63, 3.8) is 0 Å². The van der Waals surface area contributed by atoms with Crippen molar-refractivity contribution >= 4 is 31.0 Å². The molecule has 0 unspecified atom stereocenters. The molecule has 0 bridgehead atoms. The zero-order chi connectivity index (χ0) is 16.7. The third-order valence-corrected chi connectivity index (χ3v) is 3.49. The van der Waals surface area contributed by atoms with Crippen LogP contribution in [0.25, 0.3) is 0 Å². The molecule has 9 nitrogen and oxygen atoms in total. The average Bonchev–Trinajstić information content (AvgIpc) is 3.02.